The molecule has 0 aliphatic carbocycles. The normalized spacial score (nSPS) is 10.8. The second kappa shape index (κ2) is 6.70. The van der Waals surface area contributed by atoms with Gasteiger partial charge in [-0.15, -0.1) is 0 Å². The molecular weight excluding hydrogens is 302 g/mol. The Bertz CT molecular complexity index is 870. The highest BCUT2D eigenvalue weighted by Gasteiger charge is 2.13. The minimum Gasteiger partial charge on any atom is -0.368 e. The number of anilines is 1. The van der Waals surface area contributed by atoms with Crippen LogP contribution >= 0.6 is 0 Å². The Morgan fingerprint density at radius 2 is 1.92 bits per heavy atom. The van der Waals surface area contributed by atoms with Crippen LogP contribution in [0.25, 0.3) is 16.9 Å². The van der Waals surface area contributed by atoms with E-state index >= 15 is 0 Å². The van der Waals surface area contributed by atoms with Crippen molar-refractivity contribution in [1.82, 2.24) is 19.9 Å². The maximum atomic E-state index is 11.0. The molecule has 2 N–H and O–H groups in total. The predicted octanol–water partition coefficient (Wildman–Crippen LogP) is 2.56. The standard InChI is InChI=1S/C18H21N5O/c1-12-13(2)22-23-17(20-10-9-19-14(3)24)11-16(21-18(12)23)15-7-5-4-6-8-15/h4-8,11,20H,9-10H2,1-3H3,(H,19,24). The van der Waals surface area contributed by atoms with Crippen LogP contribution < -0.4 is 10.6 Å². The zero-order chi connectivity index (χ0) is 17.1. The van der Waals surface area contributed by atoms with E-state index in [1.54, 1.807) is 0 Å². The first-order valence-electron chi connectivity index (χ1n) is 7.97. The second-order valence-electron chi connectivity index (χ2n) is 5.75. The third kappa shape index (κ3) is 3.22. The summed E-state index contributed by atoms with van der Waals surface area (Å²) in [5.41, 5.74) is 4.82. The maximum absolute atomic E-state index is 11.0. The van der Waals surface area contributed by atoms with Gasteiger partial charge in [0.15, 0.2) is 5.65 Å². The molecule has 0 saturated carbocycles. The summed E-state index contributed by atoms with van der Waals surface area (Å²) >= 11 is 0. The predicted molar refractivity (Wildman–Crippen MR) is 95.1 cm³/mol. The minimum absolute atomic E-state index is 0.0348. The number of benzene rings is 1. The van der Waals surface area contributed by atoms with Crippen LogP contribution in [-0.4, -0.2) is 33.6 Å². The number of nitrogens with one attached hydrogen (secondary N) is 2. The SMILES string of the molecule is CC(=O)NCCNc1cc(-c2ccccc2)nc2c(C)c(C)nn12. The maximum Gasteiger partial charge on any atom is 0.216 e. The summed E-state index contributed by atoms with van der Waals surface area (Å²) in [6.07, 6.45) is 0. The van der Waals surface area contributed by atoms with E-state index in [0.717, 1.165) is 34.0 Å². The van der Waals surface area contributed by atoms with Crippen molar-refractivity contribution in [1.29, 1.82) is 0 Å². The van der Waals surface area contributed by atoms with Crippen LogP contribution in [-0.2, 0) is 4.79 Å². The average molecular weight is 323 g/mol. The van der Waals surface area contributed by atoms with Gasteiger partial charge in [0.2, 0.25) is 5.91 Å². The molecule has 6 nitrogen and oxygen atoms in total. The number of aromatic nitrogens is 3. The summed E-state index contributed by atoms with van der Waals surface area (Å²) in [6.45, 7) is 6.69. The molecule has 0 unspecified atom stereocenters. The number of fused-ring (bicyclic) bond motifs is 1. The zero-order valence-electron chi connectivity index (χ0n) is 14.1. The van der Waals surface area contributed by atoms with E-state index < -0.39 is 0 Å². The van der Waals surface area contributed by atoms with Gasteiger partial charge in [-0.05, 0) is 13.8 Å². The highest BCUT2D eigenvalue weighted by molar-refractivity contribution is 5.73. The molecule has 6 heteroatoms. The highest BCUT2D eigenvalue weighted by Crippen LogP contribution is 2.24. The Kier molecular flexibility index (Phi) is 4.46. The third-order valence-electron chi connectivity index (χ3n) is 3.93. The van der Waals surface area contributed by atoms with Crippen molar-refractivity contribution in [3.63, 3.8) is 0 Å². The van der Waals surface area contributed by atoms with Gasteiger partial charge < -0.3 is 10.6 Å². The van der Waals surface area contributed by atoms with Gasteiger partial charge in [-0.25, -0.2) is 4.98 Å². The first-order chi connectivity index (χ1) is 11.6. The molecule has 124 valence electrons. The fraction of sp³-hybridized carbons (Fsp3) is 0.278. The van der Waals surface area contributed by atoms with Gasteiger partial charge in [-0.3, -0.25) is 4.79 Å². The van der Waals surface area contributed by atoms with E-state index in [1.165, 1.54) is 6.92 Å². The number of carbonyl (C=O) groups excluding carboxylic acids is 1. The highest BCUT2D eigenvalue weighted by atomic mass is 16.1. The molecule has 0 atom stereocenters. The molecular formula is C18H21N5O. The van der Waals surface area contributed by atoms with Gasteiger partial charge in [0, 0.05) is 37.2 Å². The van der Waals surface area contributed by atoms with Gasteiger partial charge in [0.05, 0.1) is 11.4 Å². The van der Waals surface area contributed by atoms with E-state index in [1.807, 2.05) is 54.8 Å². The topological polar surface area (TPSA) is 71.3 Å². The summed E-state index contributed by atoms with van der Waals surface area (Å²) in [6, 6.07) is 12.1. The quantitative estimate of drug-likeness (QED) is 0.708. The van der Waals surface area contributed by atoms with Crippen molar-refractivity contribution in [3.8, 4) is 11.3 Å². The lowest BCUT2D eigenvalue weighted by Gasteiger charge is -2.11. The van der Waals surface area contributed by atoms with Crippen molar-refractivity contribution in [3.05, 3.63) is 47.7 Å². The molecule has 0 radical (unpaired) electrons. The molecule has 0 spiro atoms. The second-order valence-corrected chi connectivity index (χ2v) is 5.75. The molecule has 1 aromatic carbocycles. The molecule has 24 heavy (non-hydrogen) atoms. The number of hydrogen-bond donors (Lipinski definition) is 2. The summed E-state index contributed by atoms with van der Waals surface area (Å²) < 4.78 is 1.82. The number of hydrogen-bond acceptors (Lipinski definition) is 4. The Balaban J connectivity index is 1.99. The van der Waals surface area contributed by atoms with Crippen molar-refractivity contribution in [2.24, 2.45) is 0 Å². The van der Waals surface area contributed by atoms with Crippen LogP contribution in [0.4, 0.5) is 5.82 Å². The number of carbonyl (C=O) groups is 1. The molecule has 0 fully saturated rings. The van der Waals surface area contributed by atoms with E-state index in [4.69, 9.17) is 4.98 Å². The molecule has 2 aromatic heterocycles. The van der Waals surface area contributed by atoms with Crippen LogP contribution in [0.15, 0.2) is 36.4 Å². The van der Waals surface area contributed by atoms with Crippen molar-refractivity contribution >= 4 is 17.4 Å². The molecule has 0 saturated heterocycles. The van der Waals surface area contributed by atoms with Crippen LogP contribution in [0, 0.1) is 13.8 Å². The van der Waals surface area contributed by atoms with Gasteiger partial charge in [-0.2, -0.15) is 9.61 Å². The molecule has 1 amide bonds. The molecule has 0 aliphatic heterocycles. The average Bonchev–Trinajstić information content (AvgIpc) is 2.87. The first-order valence-corrected chi connectivity index (χ1v) is 7.97. The smallest absolute Gasteiger partial charge is 0.216 e. The molecule has 3 aromatic rings. The summed E-state index contributed by atoms with van der Waals surface area (Å²) in [7, 11) is 0. The lowest BCUT2D eigenvalue weighted by molar-refractivity contribution is -0.118. The van der Waals surface area contributed by atoms with Gasteiger partial charge >= 0.3 is 0 Å². The molecule has 0 bridgehead atoms. The van der Waals surface area contributed by atoms with Gasteiger partial charge in [0.1, 0.15) is 5.82 Å². The molecule has 3 rings (SSSR count). The lowest BCUT2D eigenvalue weighted by Crippen LogP contribution is -2.26. The Morgan fingerprint density at radius 1 is 1.17 bits per heavy atom. The Labute approximate surface area is 140 Å². The van der Waals surface area contributed by atoms with Gasteiger partial charge in [0.25, 0.3) is 0 Å². The van der Waals surface area contributed by atoms with E-state index in [-0.39, 0.29) is 5.91 Å². The minimum atomic E-state index is -0.0348. The van der Waals surface area contributed by atoms with Crippen LogP contribution in [0.1, 0.15) is 18.2 Å². The zero-order valence-corrected chi connectivity index (χ0v) is 14.1. The lowest BCUT2D eigenvalue weighted by atomic mass is 10.1. The van der Waals surface area contributed by atoms with E-state index in [9.17, 15) is 4.79 Å². The van der Waals surface area contributed by atoms with Gasteiger partial charge in [-0.1, -0.05) is 30.3 Å². The largest absolute Gasteiger partial charge is 0.368 e. The Morgan fingerprint density at radius 3 is 2.62 bits per heavy atom. The van der Waals surface area contributed by atoms with Crippen molar-refractivity contribution < 1.29 is 4.79 Å². The van der Waals surface area contributed by atoms with Crippen molar-refractivity contribution in [2.75, 3.05) is 18.4 Å². The number of amides is 1. The van der Waals surface area contributed by atoms with Crippen LogP contribution in [0.2, 0.25) is 0 Å². The molecule has 0 aliphatic rings. The summed E-state index contributed by atoms with van der Waals surface area (Å²) in [5.74, 6) is 0.827. The third-order valence-corrected chi connectivity index (χ3v) is 3.93. The van der Waals surface area contributed by atoms with E-state index in [0.29, 0.717) is 13.1 Å². The van der Waals surface area contributed by atoms with E-state index in [2.05, 4.69) is 15.7 Å². The molecule has 2 heterocycles. The Hall–Kier alpha value is -2.89. The number of aryl methyl sites for hydroxylation is 2. The summed E-state index contributed by atoms with van der Waals surface area (Å²) in [5, 5.41) is 10.7. The van der Waals surface area contributed by atoms with Crippen LogP contribution in [0.3, 0.4) is 0 Å². The van der Waals surface area contributed by atoms with Crippen LogP contribution in [0.5, 0.6) is 0 Å². The first kappa shape index (κ1) is 16.0. The van der Waals surface area contributed by atoms with Crippen molar-refractivity contribution in [2.45, 2.75) is 20.8 Å². The summed E-state index contributed by atoms with van der Waals surface area (Å²) in [4.78, 5) is 15.8. The monoisotopic (exact) mass is 323 g/mol. The fourth-order valence-corrected chi connectivity index (χ4v) is 2.54. The fourth-order valence-electron chi connectivity index (χ4n) is 2.54. The number of rotatable bonds is 5. The number of nitrogens with zero attached hydrogens (tertiary/aromatic N) is 3.